The molecule has 0 aliphatic heterocycles. The van der Waals surface area contributed by atoms with E-state index in [0.29, 0.717) is 17.0 Å². The van der Waals surface area contributed by atoms with Gasteiger partial charge in [0.05, 0.1) is 0 Å². The predicted octanol–water partition coefficient (Wildman–Crippen LogP) is 4.03. The van der Waals surface area contributed by atoms with E-state index in [1.54, 1.807) is 12.1 Å². The van der Waals surface area contributed by atoms with Crippen LogP contribution in [0.5, 0.6) is 0 Å². The van der Waals surface area contributed by atoms with Gasteiger partial charge in [0, 0.05) is 11.1 Å². The average molecular weight is 264 g/mol. The SMILES string of the molecule is Cc1cccc(C(N)Cc2ccccc2F)c1Cl. The zero-order chi connectivity index (χ0) is 13.1. The first-order chi connectivity index (χ1) is 8.59. The van der Waals surface area contributed by atoms with Crippen molar-refractivity contribution in [3.8, 4) is 0 Å². The molecule has 1 nitrogen and oxygen atoms in total. The van der Waals surface area contributed by atoms with Gasteiger partial charge >= 0.3 is 0 Å². The molecule has 1 atom stereocenters. The van der Waals surface area contributed by atoms with Crippen molar-refractivity contribution in [3.05, 3.63) is 70.0 Å². The van der Waals surface area contributed by atoms with Crippen molar-refractivity contribution >= 4 is 11.6 Å². The molecule has 0 amide bonds. The molecule has 0 fully saturated rings. The second-order valence-electron chi connectivity index (χ2n) is 4.38. The third kappa shape index (κ3) is 2.71. The van der Waals surface area contributed by atoms with E-state index in [1.165, 1.54) is 6.07 Å². The van der Waals surface area contributed by atoms with Gasteiger partial charge < -0.3 is 5.73 Å². The second-order valence-corrected chi connectivity index (χ2v) is 4.76. The van der Waals surface area contributed by atoms with E-state index in [0.717, 1.165) is 11.1 Å². The Bertz CT molecular complexity index is 554. The third-order valence-corrected chi connectivity index (χ3v) is 3.54. The quantitative estimate of drug-likeness (QED) is 0.889. The largest absolute Gasteiger partial charge is 0.324 e. The van der Waals surface area contributed by atoms with Gasteiger partial charge in [0.1, 0.15) is 5.82 Å². The molecule has 0 aliphatic rings. The van der Waals surface area contributed by atoms with Crippen LogP contribution in [0.25, 0.3) is 0 Å². The molecule has 0 radical (unpaired) electrons. The molecule has 1 unspecified atom stereocenters. The van der Waals surface area contributed by atoms with Crippen molar-refractivity contribution in [1.82, 2.24) is 0 Å². The van der Waals surface area contributed by atoms with Gasteiger partial charge in [-0.2, -0.15) is 0 Å². The summed E-state index contributed by atoms with van der Waals surface area (Å²) in [5.74, 6) is -0.225. The molecule has 0 heterocycles. The fourth-order valence-corrected chi connectivity index (χ4v) is 2.23. The number of hydrogen-bond acceptors (Lipinski definition) is 1. The maximum Gasteiger partial charge on any atom is 0.126 e. The Hall–Kier alpha value is -1.38. The molecule has 2 N–H and O–H groups in total. The summed E-state index contributed by atoms with van der Waals surface area (Å²) in [6.45, 7) is 1.93. The first-order valence-corrected chi connectivity index (χ1v) is 6.21. The van der Waals surface area contributed by atoms with Crippen molar-refractivity contribution in [1.29, 1.82) is 0 Å². The lowest BCUT2D eigenvalue weighted by Crippen LogP contribution is -2.15. The Labute approximate surface area is 111 Å². The van der Waals surface area contributed by atoms with Gasteiger partial charge in [0.15, 0.2) is 0 Å². The van der Waals surface area contributed by atoms with Gasteiger partial charge in [-0.3, -0.25) is 0 Å². The molecule has 0 aliphatic carbocycles. The van der Waals surface area contributed by atoms with Gasteiger partial charge in [0.2, 0.25) is 0 Å². The lowest BCUT2D eigenvalue weighted by atomic mass is 9.98. The van der Waals surface area contributed by atoms with E-state index in [4.69, 9.17) is 17.3 Å². The minimum atomic E-state index is -0.297. The van der Waals surface area contributed by atoms with Crippen LogP contribution >= 0.6 is 11.6 Å². The summed E-state index contributed by atoms with van der Waals surface area (Å²) in [5.41, 5.74) is 8.57. The number of benzene rings is 2. The van der Waals surface area contributed by atoms with Gasteiger partial charge in [0.25, 0.3) is 0 Å². The Balaban J connectivity index is 2.25. The Kier molecular flexibility index (Phi) is 4.00. The molecule has 2 aromatic rings. The molecule has 18 heavy (non-hydrogen) atoms. The number of halogens is 2. The predicted molar refractivity (Wildman–Crippen MR) is 73.2 cm³/mol. The van der Waals surface area contributed by atoms with E-state index in [1.807, 2.05) is 31.2 Å². The molecule has 0 spiro atoms. The number of aryl methyl sites for hydroxylation is 1. The first kappa shape index (κ1) is 13.1. The fraction of sp³-hybridized carbons (Fsp3) is 0.200. The molecule has 0 saturated heterocycles. The first-order valence-electron chi connectivity index (χ1n) is 5.83. The summed E-state index contributed by atoms with van der Waals surface area (Å²) >= 11 is 6.22. The minimum absolute atomic E-state index is 0.225. The van der Waals surface area contributed by atoms with Crippen LogP contribution in [-0.4, -0.2) is 0 Å². The highest BCUT2D eigenvalue weighted by atomic mass is 35.5. The maximum absolute atomic E-state index is 13.6. The van der Waals surface area contributed by atoms with Crippen LogP contribution in [-0.2, 0) is 6.42 Å². The van der Waals surface area contributed by atoms with Crippen LogP contribution in [0.15, 0.2) is 42.5 Å². The summed E-state index contributed by atoms with van der Waals surface area (Å²) in [7, 11) is 0. The third-order valence-electron chi connectivity index (χ3n) is 3.02. The highest BCUT2D eigenvalue weighted by Crippen LogP contribution is 2.27. The molecule has 0 aromatic heterocycles. The molecule has 2 rings (SSSR count). The van der Waals surface area contributed by atoms with E-state index < -0.39 is 0 Å². The minimum Gasteiger partial charge on any atom is -0.324 e. The van der Waals surface area contributed by atoms with Crippen LogP contribution in [0.3, 0.4) is 0 Å². The topological polar surface area (TPSA) is 26.0 Å². The Morgan fingerprint density at radius 2 is 1.89 bits per heavy atom. The van der Waals surface area contributed by atoms with Crippen molar-refractivity contribution < 1.29 is 4.39 Å². The summed E-state index contributed by atoms with van der Waals surface area (Å²) in [5, 5.41) is 0.668. The van der Waals surface area contributed by atoms with Gasteiger partial charge in [-0.25, -0.2) is 4.39 Å². The van der Waals surface area contributed by atoms with E-state index in [-0.39, 0.29) is 11.9 Å². The zero-order valence-electron chi connectivity index (χ0n) is 10.2. The van der Waals surface area contributed by atoms with Crippen molar-refractivity contribution in [3.63, 3.8) is 0 Å². The second kappa shape index (κ2) is 5.51. The van der Waals surface area contributed by atoms with E-state index in [9.17, 15) is 4.39 Å². The molecular formula is C15H15ClFN. The van der Waals surface area contributed by atoms with Crippen LogP contribution in [0.4, 0.5) is 4.39 Å². The van der Waals surface area contributed by atoms with Crippen molar-refractivity contribution in [2.45, 2.75) is 19.4 Å². The standard InChI is InChI=1S/C15H15ClFN/c1-10-5-4-7-12(15(10)16)14(18)9-11-6-2-3-8-13(11)17/h2-8,14H,9,18H2,1H3. The summed E-state index contributed by atoms with van der Waals surface area (Å²) in [6, 6.07) is 12.1. The highest BCUT2D eigenvalue weighted by molar-refractivity contribution is 6.32. The lowest BCUT2D eigenvalue weighted by Gasteiger charge is -2.15. The Morgan fingerprint density at radius 3 is 2.61 bits per heavy atom. The van der Waals surface area contributed by atoms with E-state index >= 15 is 0 Å². The lowest BCUT2D eigenvalue weighted by molar-refractivity contribution is 0.593. The van der Waals surface area contributed by atoms with E-state index in [2.05, 4.69) is 0 Å². The van der Waals surface area contributed by atoms with Gasteiger partial charge in [-0.1, -0.05) is 48.0 Å². The van der Waals surface area contributed by atoms with Gasteiger partial charge in [-0.15, -0.1) is 0 Å². The highest BCUT2D eigenvalue weighted by Gasteiger charge is 2.13. The smallest absolute Gasteiger partial charge is 0.126 e. The monoisotopic (exact) mass is 263 g/mol. The van der Waals surface area contributed by atoms with Crippen molar-refractivity contribution in [2.75, 3.05) is 0 Å². The van der Waals surface area contributed by atoms with Gasteiger partial charge in [-0.05, 0) is 36.1 Å². The number of hydrogen-bond donors (Lipinski definition) is 1. The molecule has 3 heteroatoms. The van der Waals surface area contributed by atoms with Crippen LogP contribution in [0, 0.1) is 12.7 Å². The van der Waals surface area contributed by atoms with Crippen LogP contribution in [0.1, 0.15) is 22.7 Å². The molecule has 94 valence electrons. The number of rotatable bonds is 3. The average Bonchev–Trinajstić information content (AvgIpc) is 2.35. The summed E-state index contributed by atoms with van der Waals surface area (Å²) in [6.07, 6.45) is 0.440. The molecule has 0 bridgehead atoms. The van der Waals surface area contributed by atoms with Crippen LogP contribution < -0.4 is 5.73 Å². The molecular weight excluding hydrogens is 249 g/mol. The van der Waals surface area contributed by atoms with Crippen molar-refractivity contribution in [2.24, 2.45) is 5.73 Å². The number of nitrogens with two attached hydrogens (primary N) is 1. The summed E-state index contributed by atoms with van der Waals surface area (Å²) in [4.78, 5) is 0. The Morgan fingerprint density at radius 1 is 1.17 bits per heavy atom. The molecule has 2 aromatic carbocycles. The summed E-state index contributed by atoms with van der Waals surface area (Å²) < 4.78 is 13.6. The normalized spacial score (nSPS) is 12.4. The van der Waals surface area contributed by atoms with Crippen LogP contribution in [0.2, 0.25) is 5.02 Å². The molecule has 0 saturated carbocycles. The maximum atomic E-state index is 13.6. The zero-order valence-corrected chi connectivity index (χ0v) is 10.9. The fourth-order valence-electron chi connectivity index (χ4n) is 1.97.